The largest absolute Gasteiger partial charge is 0.298 e. The molecule has 0 aromatic heterocycles. The van der Waals surface area contributed by atoms with Gasteiger partial charge in [0, 0.05) is 6.42 Å². The van der Waals surface area contributed by atoms with Crippen molar-refractivity contribution < 1.29 is 4.79 Å². The molecule has 0 aliphatic carbocycles. The maximum atomic E-state index is 11.7. The first kappa shape index (κ1) is 16.3. The lowest BCUT2D eigenvalue weighted by atomic mass is 10.0. The number of carbonyl (C=O) groups is 1. The molecule has 1 atom stereocenters. The van der Waals surface area contributed by atoms with Crippen molar-refractivity contribution in [2.75, 3.05) is 0 Å². The zero-order valence-electron chi connectivity index (χ0n) is 12.3. The van der Waals surface area contributed by atoms with E-state index in [9.17, 15) is 4.79 Å². The highest BCUT2D eigenvalue weighted by Crippen LogP contribution is 2.21. The third-order valence-corrected chi connectivity index (χ3v) is 2.63. The predicted molar refractivity (Wildman–Crippen MR) is 83.9 cm³/mol. The van der Waals surface area contributed by atoms with E-state index in [1.165, 1.54) is 6.92 Å². The third kappa shape index (κ3) is 5.51. The van der Waals surface area contributed by atoms with Gasteiger partial charge in [0.1, 0.15) is 6.04 Å². The summed E-state index contributed by atoms with van der Waals surface area (Å²) in [4.78, 5) is 15.7. The van der Waals surface area contributed by atoms with Gasteiger partial charge in [0.2, 0.25) is 0 Å². The van der Waals surface area contributed by atoms with Gasteiger partial charge in [0.05, 0.1) is 16.4 Å². The van der Waals surface area contributed by atoms with Gasteiger partial charge in [0.25, 0.3) is 0 Å². The fourth-order valence-electron chi connectivity index (χ4n) is 1.56. The smallest absolute Gasteiger partial charge is 0.156 e. The number of azo groups is 1. The Morgan fingerprint density at radius 3 is 2.55 bits per heavy atom. The van der Waals surface area contributed by atoms with Crippen molar-refractivity contribution in [3.63, 3.8) is 0 Å². The molecule has 0 bridgehead atoms. The van der Waals surface area contributed by atoms with Crippen molar-refractivity contribution in [2.24, 2.45) is 15.2 Å². The first-order chi connectivity index (χ1) is 9.33. The van der Waals surface area contributed by atoms with Crippen LogP contribution in [0.4, 0.5) is 5.69 Å². The average Bonchev–Trinajstić information content (AvgIpc) is 2.35. The summed E-state index contributed by atoms with van der Waals surface area (Å²) in [5.41, 5.74) is 1.34. The van der Waals surface area contributed by atoms with Gasteiger partial charge in [-0.3, -0.25) is 4.79 Å². The van der Waals surface area contributed by atoms with E-state index in [4.69, 9.17) is 0 Å². The number of benzene rings is 1. The molecule has 0 spiro atoms. The Morgan fingerprint density at radius 2 is 2.00 bits per heavy atom. The molecule has 0 heterocycles. The summed E-state index contributed by atoms with van der Waals surface area (Å²) in [5, 5.41) is 10.7. The summed E-state index contributed by atoms with van der Waals surface area (Å²) in [6.07, 6.45) is 0.464. The minimum atomic E-state index is -0.490. The van der Waals surface area contributed by atoms with Crippen molar-refractivity contribution in [2.45, 2.75) is 45.7 Å². The topological polar surface area (TPSA) is 54.1 Å². The summed E-state index contributed by atoms with van der Waals surface area (Å²) in [5.74, 6) is -0.0147. The van der Waals surface area contributed by atoms with Gasteiger partial charge in [-0.25, -0.2) is 0 Å². The Kier molecular flexibility index (Phi) is 5.86. The van der Waals surface area contributed by atoms with Crippen LogP contribution in [0.15, 0.2) is 39.5 Å². The van der Waals surface area contributed by atoms with Gasteiger partial charge in [-0.2, -0.15) is 15.2 Å². The molecule has 20 heavy (non-hydrogen) atoms. The van der Waals surface area contributed by atoms with Gasteiger partial charge in [-0.15, -0.1) is 0 Å². The summed E-state index contributed by atoms with van der Waals surface area (Å²) in [6.45, 7) is 7.35. The zero-order chi connectivity index (χ0) is 15.2. The predicted octanol–water partition coefficient (Wildman–Crippen LogP) is 4.17. The number of para-hydroxylation sites is 1. The molecule has 0 N–H and O–H groups in total. The molecule has 0 fully saturated rings. The van der Waals surface area contributed by atoms with Crippen molar-refractivity contribution in [3.8, 4) is 0 Å². The van der Waals surface area contributed by atoms with Gasteiger partial charge >= 0.3 is 0 Å². The molecule has 4 nitrogen and oxygen atoms in total. The van der Waals surface area contributed by atoms with Crippen LogP contribution in [-0.4, -0.2) is 22.5 Å². The highest BCUT2D eigenvalue weighted by atomic mass is 32.1. The van der Waals surface area contributed by atoms with E-state index in [0.29, 0.717) is 6.42 Å². The molecule has 1 rings (SSSR count). The number of hydrogen-bond acceptors (Lipinski definition) is 5. The Bertz CT molecular complexity index is 554. The minimum Gasteiger partial charge on any atom is -0.298 e. The summed E-state index contributed by atoms with van der Waals surface area (Å²) in [7, 11) is 0. The lowest BCUT2D eigenvalue weighted by molar-refractivity contribution is -0.118. The number of Topliss-reactive ketones (excluding diaryl/α,β-unsaturated/α-hetero) is 1. The second-order valence-corrected chi connectivity index (χ2v) is 5.73. The Morgan fingerprint density at radius 1 is 1.35 bits per heavy atom. The standard InChI is InChI=1S/C15H19N3OS/c1-11(19)14(17-18-15(2,3)4)9-12-7-5-6-8-13(12)16-10-20/h5-8,14H,9H2,1-4H3. The monoisotopic (exact) mass is 289 g/mol. The molecular weight excluding hydrogens is 270 g/mol. The zero-order valence-corrected chi connectivity index (χ0v) is 13.1. The van der Waals surface area contributed by atoms with Gasteiger partial charge in [0.15, 0.2) is 5.78 Å². The molecule has 0 radical (unpaired) electrons. The Labute approximate surface area is 125 Å². The molecule has 1 aromatic rings. The number of hydrogen-bond donors (Lipinski definition) is 0. The Hall–Kier alpha value is -1.71. The van der Waals surface area contributed by atoms with Crippen LogP contribution in [-0.2, 0) is 11.2 Å². The Balaban J connectivity index is 3.00. The second kappa shape index (κ2) is 7.17. The number of thiocarbonyl (C=S) groups is 1. The van der Waals surface area contributed by atoms with Crippen molar-refractivity contribution in [1.82, 2.24) is 0 Å². The van der Waals surface area contributed by atoms with E-state index in [1.807, 2.05) is 45.0 Å². The van der Waals surface area contributed by atoms with Gasteiger partial charge < -0.3 is 0 Å². The van der Waals surface area contributed by atoms with Crippen LogP contribution < -0.4 is 0 Å². The highest BCUT2D eigenvalue weighted by molar-refractivity contribution is 7.78. The van der Waals surface area contributed by atoms with Crippen LogP contribution >= 0.6 is 12.2 Å². The lowest BCUT2D eigenvalue weighted by Gasteiger charge is -2.13. The number of carbonyl (C=O) groups excluding carboxylic acids is 1. The van der Waals surface area contributed by atoms with E-state index < -0.39 is 6.04 Å². The number of ketones is 1. The molecule has 0 amide bonds. The number of aliphatic imine (C=N–C) groups is 1. The molecule has 106 valence electrons. The second-order valence-electron chi connectivity index (χ2n) is 5.55. The number of isothiocyanates is 1. The van der Waals surface area contributed by atoms with E-state index in [0.717, 1.165) is 11.3 Å². The van der Waals surface area contributed by atoms with Crippen molar-refractivity contribution in [3.05, 3.63) is 29.8 Å². The molecule has 1 unspecified atom stereocenters. The third-order valence-electron chi connectivity index (χ3n) is 2.54. The minimum absolute atomic E-state index is 0.0147. The van der Waals surface area contributed by atoms with E-state index in [2.05, 4.69) is 32.6 Å². The molecule has 0 saturated heterocycles. The van der Waals surface area contributed by atoms with Crippen LogP contribution in [0.1, 0.15) is 33.3 Å². The van der Waals surface area contributed by atoms with E-state index >= 15 is 0 Å². The fourth-order valence-corrected chi connectivity index (χ4v) is 1.66. The lowest BCUT2D eigenvalue weighted by Crippen LogP contribution is -2.20. The van der Waals surface area contributed by atoms with Crippen LogP contribution in [0.2, 0.25) is 0 Å². The quantitative estimate of drug-likeness (QED) is 0.464. The average molecular weight is 289 g/mol. The van der Waals surface area contributed by atoms with Crippen LogP contribution in [0.5, 0.6) is 0 Å². The van der Waals surface area contributed by atoms with Crippen molar-refractivity contribution in [1.29, 1.82) is 0 Å². The highest BCUT2D eigenvalue weighted by Gasteiger charge is 2.17. The normalized spacial score (nSPS) is 13.0. The first-order valence-electron chi connectivity index (χ1n) is 6.42. The molecule has 0 saturated carbocycles. The van der Waals surface area contributed by atoms with E-state index in [-0.39, 0.29) is 11.3 Å². The van der Waals surface area contributed by atoms with Gasteiger partial charge in [-0.1, -0.05) is 18.2 Å². The number of nitrogens with zero attached hydrogens (tertiary/aromatic N) is 3. The van der Waals surface area contributed by atoms with Crippen LogP contribution in [0.3, 0.4) is 0 Å². The molecule has 0 aliphatic heterocycles. The molecular formula is C15H19N3OS. The SMILES string of the molecule is CC(=O)C(Cc1ccccc1N=C=S)N=NC(C)(C)C. The maximum Gasteiger partial charge on any atom is 0.156 e. The summed E-state index contributed by atoms with van der Waals surface area (Å²) >= 11 is 4.63. The first-order valence-corrected chi connectivity index (χ1v) is 6.82. The summed E-state index contributed by atoms with van der Waals surface area (Å²) < 4.78 is 0. The summed E-state index contributed by atoms with van der Waals surface area (Å²) in [6, 6.07) is 7.03. The van der Waals surface area contributed by atoms with Crippen LogP contribution in [0.25, 0.3) is 0 Å². The fraction of sp³-hybridized carbons (Fsp3) is 0.467. The van der Waals surface area contributed by atoms with E-state index in [1.54, 1.807) is 0 Å². The van der Waals surface area contributed by atoms with Crippen LogP contribution in [0, 0.1) is 0 Å². The molecule has 5 heteroatoms. The number of rotatable bonds is 5. The van der Waals surface area contributed by atoms with Gasteiger partial charge in [-0.05, 0) is 51.5 Å². The maximum absolute atomic E-state index is 11.7. The molecule has 1 aromatic carbocycles. The molecule has 0 aliphatic rings. The van der Waals surface area contributed by atoms with Crippen molar-refractivity contribution >= 4 is 28.8 Å².